The Balaban J connectivity index is 1.65. The first kappa shape index (κ1) is 16.8. The number of pyridine rings is 1. The van der Waals surface area contributed by atoms with E-state index in [0.717, 1.165) is 37.3 Å². The highest BCUT2D eigenvalue weighted by molar-refractivity contribution is 7.21. The molecule has 0 saturated heterocycles. The molecular weight excluding hydrogens is 366 g/mol. The van der Waals surface area contributed by atoms with Crippen molar-refractivity contribution in [3.05, 3.63) is 78.2 Å². The summed E-state index contributed by atoms with van der Waals surface area (Å²) in [5, 5.41) is 1.96. The number of nitrogens with zero attached hydrogens (tertiary/aromatic N) is 3. The van der Waals surface area contributed by atoms with E-state index in [1.54, 1.807) is 11.3 Å². The van der Waals surface area contributed by atoms with Gasteiger partial charge in [0.05, 0.1) is 5.39 Å². The third-order valence-corrected chi connectivity index (χ3v) is 5.63. The summed E-state index contributed by atoms with van der Waals surface area (Å²) < 4.78 is 6.28. The monoisotopic (exact) mass is 383 g/mol. The molecule has 0 atom stereocenters. The second-order valence-electron chi connectivity index (χ2n) is 6.65. The van der Waals surface area contributed by atoms with Gasteiger partial charge in [0.25, 0.3) is 0 Å². The number of hydrogen-bond donors (Lipinski definition) is 0. The summed E-state index contributed by atoms with van der Waals surface area (Å²) in [6.07, 6.45) is 0. The summed E-state index contributed by atoms with van der Waals surface area (Å²) in [6.45, 7) is 3.87. The van der Waals surface area contributed by atoms with E-state index in [1.165, 1.54) is 0 Å². The minimum absolute atomic E-state index is 0.566. The van der Waals surface area contributed by atoms with E-state index in [-0.39, 0.29) is 0 Å². The quantitative estimate of drug-likeness (QED) is 0.366. The molecule has 0 aliphatic heterocycles. The maximum absolute atomic E-state index is 6.28. The molecule has 0 radical (unpaired) electrons. The number of para-hydroxylation sites is 1. The summed E-state index contributed by atoms with van der Waals surface area (Å²) in [6, 6.07) is 22.4. The van der Waals surface area contributed by atoms with E-state index in [1.807, 2.05) is 56.3 Å². The molecule has 2 aromatic carbocycles. The Morgan fingerprint density at radius 1 is 0.821 bits per heavy atom. The summed E-state index contributed by atoms with van der Waals surface area (Å²) in [7, 11) is 0. The minimum Gasteiger partial charge on any atom is -0.436 e. The number of hydrogen-bond acceptors (Lipinski definition) is 5. The van der Waals surface area contributed by atoms with Gasteiger partial charge >= 0.3 is 0 Å². The predicted octanol–water partition coefficient (Wildman–Crippen LogP) is 6.32. The number of ether oxygens (including phenoxy) is 1. The summed E-state index contributed by atoms with van der Waals surface area (Å²) in [5.41, 5.74) is 2.96. The van der Waals surface area contributed by atoms with E-state index < -0.39 is 0 Å². The third-order valence-electron chi connectivity index (χ3n) is 4.56. The van der Waals surface area contributed by atoms with Crippen LogP contribution in [0.1, 0.15) is 11.5 Å². The van der Waals surface area contributed by atoms with Gasteiger partial charge in [0.1, 0.15) is 16.2 Å². The Kier molecular flexibility index (Phi) is 4.02. The van der Waals surface area contributed by atoms with Gasteiger partial charge in [-0.1, -0.05) is 48.5 Å². The van der Waals surface area contributed by atoms with Crippen LogP contribution in [0, 0.1) is 13.8 Å². The number of aryl methyl sites for hydroxylation is 2. The molecule has 0 N–H and O–H groups in total. The summed E-state index contributed by atoms with van der Waals surface area (Å²) >= 11 is 1.65. The van der Waals surface area contributed by atoms with E-state index in [4.69, 9.17) is 4.74 Å². The molecule has 0 aliphatic rings. The molecule has 0 amide bonds. The first-order valence-corrected chi connectivity index (χ1v) is 9.87. The van der Waals surface area contributed by atoms with Crippen LogP contribution in [0.2, 0.25) is 0 Å². The van der Waals surface area contributed by atoms with Crippen LogP contribution < -0.4 is 4.74 Å². The standard InChI is InChI=1S/C23H17N3OS/c1-14-11-12-17-9-6-10-19(21(17)24-14)27-22-18-13-20(16-7-4-3-5-8-16)28-23(18)26-15(2)25-22/h3-13H,1-2H3. The molecule has 4 nitrogen and oxygen atoms in total. The van der Waals surface area contributed by atoms with Gasteiger partial charge in [-0.25, -0.2) is 9.97 Å². The molecule has 3 aromatic heterocycles. The fourth-order valence-electron chi connectivity index (χ4n) is 3.22. The highest BCUT2D eigenvalue weighted by atomic mass is 32.1. The second-order valence-corrected chi connectivity index (χ2v) is 7.68. The van der Waals surface area contributed by atoms with Crippen molar-refractivity contribution in [2.45, 2.75) is 13.8 Å². The van der Waals surface area contributed by atoms with Gasteiger partial charge in [0, 0.05) is 16.0 Å². The van der Waals surface area contributed by atoms with Gasteiger partial charge in [-0.05, 0) is 37.6 Å². The first-order chi connectivity index (χ1) is 13.7. The van der Waals surface area contributed by atoms with E-state index >= 15 is 0 Å². The molecule has 5 aromatic rings. The van der Waals surface area contributed by atoms with Crippen molar-refractivity contribution in [2.75, 3.05) is 0 Å². The summed E-state index contributed by atoms with van der Waals surface area (Å²) in [5.74, 6) is 1.96. The molecule has 0 unspecified atom stereocenters. The lowest BCUT2D eigenvalue weighted by Crippen LogP contribution is -1.95. The van der Waals surface area contributed by atoms with E-state index in [0.29, 0.717) is 17.5 Å². The van der Waals surface area contributed by atoms with Crippen molar-refractivity contribution in [2.24, 2.45) is 0 Å². The van der Waals surface area contributed by atoms with Crippen LogP contribution in [0.4, 0.5) is 0 Å². The molecule has 28 heavy (non-hydrogen) atoms. The zero-order valence-electron chi connectivity index (χ0n) is 15.5. The molecule has 3 heterocycles. The summed E-state index contributed by atoms with van der Waals surface area (Å²) in [4.78, 5) is 15.9. The second kappa shape index (κ2) is 6.69. The zero-order chi connectivity index (χ0) is 19.1. The number of benzene rings is 2. The Morgan fingerprint density at radius 3 is 2.54 bits per heavy atom. The molecular formula is C23H17N3OS. The van der Waals surface area contributed by atoms with Crippen LogP contribution in [0.25, 0.3) is 31.6 Å². The lowest BCUT2D eigenvalue weighted by atomic mass is 10.2. The average molecular weight is 383 g/mol. The maximum atomic E-state index is 6.28. The van der Waals surface area contributed by atoms with Gasteiger partial charge in [-0.15, -0.1) is 11.3 Å². The van der Waals surface area contributed by atoms with Gasteiger partial charge < -0.3 is 4.74 Å². The lowest BCUT2D eigenvalue weighted by Gasteiger charge is -2.09. The topological polar surface area (TPSA) is 47.9 Å². The molecule has 5 rings (SSSR count). The van der Waals surface area contributed by atoms with Crippen LogP contribution >= 0.6 is 11.3 Å². The molecule has 0 spiro atoms. The maximum Gasteiger partial charge on any atom is 0.231 e. The molecule has 0 saturated carbocycles. The average Bonchev–Trinajstić information content (AvgIpc) is 3.13. The van der Waals surface area contributed by atoms with Crippen molar-refractivity contribution in [1.82, 2.24) is 15.0 Å². The van der Waals surface area contributed by atoms with Gasteiger partial charge in [-0.3, -0.25) is 0 Å². The minimum atomic E-state index is 0.566. The van der Waals surface area contributed by atoms with Gasteiger partial charge in [-0.2, -0.15) is 4.98 Å². The van der Waals surface area contributed by atoms with Crippen LogP contribution in [0.15, 0.2) is 66.7 Å². The van der Waals surface area contributed by atoms with E-state index in [9.17, 15) is 0 Å². The molecule has 136 valence electrons. The molecule has 5 heteroatoms. The highest BCUT2D eigenvalue weighted by Crippen LogP contribution is 2.38. The van der Waals surface area contributed by atoms with Crippen LogP contribution in [0.5, 0.6) is 11.6 Å². The smallest absolute Gasteiger partial charge is 0.231 e. The Labute approximate surface area is 166 Å². The SMILES string of the molecule is Cc1ccc2cccc(Oc3nc(C)nc4sc(-c5ccccc5)cc34)c2n1. The lowest BCUT2D eigenvalue weighted by molar-refractivity contribution is 0.471. The van der Waals surface area contributed by atoms with Gasteiger partial charge in [0.2, 0.25) is 5.88 Å². The largest absolute Gasteiger partial charge is 0.436 e. The number of rotatable bonds is 3. The zero-order valence-corrected chi connectivity index (χ0v) is 16.3. The Bertz CT molecular complexity index is 1310. The normalized spacial score (nSPS) is 11.2. The fourth-order valence-corrected chi connectivity index (χ4v) is 4.30. The molecule has 0 fully saturated rings. The number of thiophene rings is 1. The van der Waals surface area contributed by atoms with Crippen molar-refractivity contribution in [3.63, 3.8) is 0 Å². The van der Waals surface area contributed by atoms with Gasteiger partial charge in [0.15, 0.2) is 5.75 Å². The van der Waals surface area contributed by atoms with Crippen LogP contribution in [0.3, 0.4) is 0 Å². The Morgan fingerprint density at radius 2 is 1.68 bits per heavy atom. The number of aromatic nitrogens is 3. The van der Waals surface area contributed by atoms with Crippen LogP contribution in [-0.4, -0.2) is 15.0 Å². The number of fused-ring (bicyclic) bond motifs is 2. The van der Waals surface area contributed by atoms with Crippen molar-refractivity contribution >= 4 is 32.5 Å². The van der Waals surface area contributed by atoms with Crippen molar-refractivity contribution < 1.29 is 4.74 Å². The third kappa shape index (κ3) is 3.00. The molecule has 0 bridgehead atoms. The molecule has 0 aliphatic carbocycles. The fraction of sp³-hybridized carbons (Fsp3) is 0.0870. The predicted molar refractivity (Wildman–Crippen MR) is 114 cm³/mol. The van der Waals surface area contributed by atoms with Crippen molar-refractivity contribution in [3.8, 4) is 22.1 Å². The van der Waals surface area contributed by atoms with Crippen molar-refractivity contribution in [1.29, 1.82) is 0 Å². The Hall–Kier alpha value is -3.31. The van der Waals surface area contributed by atoms with Crippen LogP contribution in [-0.2, 0) is 0 Å². The highest BCUT2D eigenvalue weighted by Gasteiger charge is 2.15. The van der Waals surface area contributed by atoms with E-state index in [2.05, 4.69) is 39.2 Å². The first-order valence-electron chi connectivity index (χ1n) is 9.05.